The number of rotatable bonds is 5. The van der Waals surface area contributed by atoms with E-state index in [-0.39, 0.29) is 5.56 Å². The molecule has 1 rings (SSSR count). The van der Waals surface area contributed by atoms with Gasteiger partial charge in [-0.05, 0) is 40.8 Å². The largest absolute Gasteiger partial charge is 0.314 e. The fourth-order valence-corrected chi connectivity index (χ4v) is 2.12. The van der Waals surface area contributed by atoms with E-state index in [2.05, 4.69) is 22.9 Å². The van der Waals surface area contributed by atoms with Crippen molar-refractivity contribution < 1.29 is 0 Å². The van der Waals surface area contributed by atoms with Crippen molar-refractivity contribution in [1.82, 2.24) is 4.57 Å². The summed E-state index contributed by atoms with van der Waals surface area (Å²) in [5.41, 5.74) is 0.0521. The molecular formula is C11H15BrClNO. The molecule has 0 aliphatic heterocycles. The lowest BCUT2D eigenvalue weighted by Crippen LogP contribution is -2.19. The summed E-state index contributed by atoms with van der Waals surface area (Å²) < 4.78 is 2.67. The minimum atomic E-state index is 0.0521. The molecular weight excluding hydrogens is 277 g/mol. The van der Waals surface area contributed by atoms with Crippen molar-refractivity contribution in [3.8, 4) is 0 Å². The van der Waals surface area contributed by atoms with E-state index in [9.17, 15) is 4.79 Å². The summed E-state index contributed by atoms with van der Waals surface area (Å²) in [6.07, 6.45) is 3.82. The summed E-state index contributed by atoms with van der Waals surface area (Å²) in [4.78, 5) is 11.5. The zero-order valence-electron chi connectivity index (χ0n) is 8.75. The molecule has 0 radical (unpaired) electrons. The minimum absolute atomic E-state index is 0.0521. The zero-order valence-corrected chi connectivity index (χ0v) is 11.1. The molecule has 0 amide bonds. The van der Waals surface area contributed by atoms with Gasteiger partial charge in [0, 0.05) is 29.2 Å². The standard InChI is InChI=1S/C11H15BrClNO/c1-9(4-6-13)5-7-14-8-10(12)2-3-11(14)15/h2-3,8-9H,4-7H2,1H3. The lowest BCUT2D eigenvalue weighted by atomic mass is 10.1. The van der Waals surface area contributed by atoms with Gasteiger partial charge in [0.15, 0.2) is 0 Å². The average molecular weight is 293 g/mol. The van der Waals surface area contributed by atoms with E-state index in [0.29, 0.717) is 11.8 Å². The Morgan fingerprint density at radius 1 is 1.47 bits per heavy atom. The molecule has 84 valence electrons. The lowest BCUT2D eigenvalue weighted by Gasteiger charge is -2.10. The molecule has 0 bridgehead atoms. The van der Waals surface area contributed by atoms with E-state index in [0.717, 1.165) is 23.9 Å². The van der Waals surface area contributed by atoms with Gasteiger partial charge in [-0.25, -0.2) is 0 Å². The highest BCUT2D eigenvalue weighted by Gasteiger charge is 2.03. The number of aryl methyl sites for hydroxylation is 1. The number of nitrogens with zero attached hydrogens (tertiary/aromatic N) is 1. The van der Waals surface area contributed by atoms with E-state index in [1.165, 1.54) is 0 Å². The first-order chi connectivity index (χ1) is 7.13. The third-order valence-electron chi connectivity index (χ3n) is 2.41. The van der Waals surface area contributed by atoms with Crippen LogP contribution in [0.15, 0.2) is 27.6 Å². The van der Waals surface area contributed by atoms with E-state index in [1.54, 1.807) is 16.7 Å². The molecule has 1 unspecified atom stereocenters. The first-order valence-corrected chi connectivity index (χ1v) is 6.38. The Bertz CT molecular complexity index is 364. The van der Waals surface area contributed by atoms with Crippen molar-refractivity contribution in [3.63, 3.8) is 0 Å². The van der Waals surface area contributed by atoms with Crippen LogP contribution in [0.2, 0.25) is 0 Å². The van der Waals surface area contributed by atoms with Gasteiger partial charge in [-0.2, -0.15) is 0 Å². The fourth-order valence-electron chi connectivity index (χ4n) is 1.37. The predicted molar refractivity (Wildman–Crippen MR) is 67.5 cm³/mol. The molecule has 4 heteroatoms. The van der Waals surface area contributed by atoms with Gasteiger partial charge >= 0.3 is 0 Å². The molecule has 0 aromatic carbocycles. The van der Waals surface area contributed by atoms with Crippen molar-refractivity contribution in [1.29, 1.82) is 0 Å². The number of hydrogen-bond acceptors (Lipinski definition) is 1. The van der Waals surface area contributed by atoms with Gasteiger partial charge in [-0.1, -0.05) is 6.92 Å². The van der Waals surface area contributed by atoms with Gasteiger partial charge < -0.3 is 4.57 Å². The first kappa shape index (κ1) is 12.8. The Hall–Kier alpha value is -0.280. The molecule has 15 heavy (non-hydrogen) atoms. The molecule has 1 aromatic rings. The summed E-state index contributed by atoms with van der Waals surface area (Å²) in [7, 11) is 0. The third-order valence-corrected chi connectivity index (χ3v) is 3.10. The van der Waals surface area contributed by atoms with Crippen LogP contribution in [-0.2, 0) is 6.54 Å². The fraction of sp³-hybridized carbons (Fsp3) is 0.545. The summed E-state index contributed by atoms with van der Waals surface area (Å²) in [5, 5.41) is 0. The summed E-state index contributed by atoms with van der Waals surface area (Å²) in [6, 6.07) is 3.34. The van der Waals surface area contributed by atoms with Crippen LogP contribution in [0.5, 0.6) is 0 Å². The van der Waals surface area contributed by atoms with Crippen molar-refractivity contribution in [2.75, 3.05) is 5.88 Å². The van der Waals surface area contributed by atoms with Gasteiger partial charge in [-0.15, -0.1) is 11.6 Å². The number of alkyl halides is 1. The molecule has 0 N–H and O–H groups in total. The molecule has 1 aromatic heterocycles. The van der Waals surface area contributed by atoms with Crippen LogP contribution in [0.1, 0.15) is 19.8 Å². The number of hydrogen-bond donors (Lipinski definition) is 0. The molecule has 1 heterocycles. The second-order valence-electron chi connectivity index (χ2n) is 3.75. The zero-order chi connectivity index (χ0) is 11.3. The van der Waals surface area contributed by atoms with Crippen LogP contribution in [0.4, 0.5) is 0 Å². The molecule has 2 nitrogen and oxygen atoms in total. The van der Waals surface area contributed by atoms with Gasteiger partial charge in [0.2, 0.25) is 0 Å². The normalized spacial score (nSPS) is 12.7. The first-order valence-electron chi connectivity index (χ1n) is 5.05. The minimum Gasteiger partial charge on any atom is -0.314 e. The van der Waals surface area contributed by atoms with Gasteiger partial charge in [-0.3, -0.25) is 4.79 Å². The second-order valence-corrected chi connectivity index (χ2v) is 5.04. The highest BCUT2D eigenvalue weighted by Crippen LogP contribution is 2.10. The van der Waals surface area contributed by atoms with Crippen molar-refractivity contribution in [3.05, 3.63) is 33.2 Å². The third kappa shape index (κ3) is 4.39. The molecule has 0 fully saturated rings. The summed E-state index contributed by atoms with van der Waals surface area (Å²) in [5.74, 6) is 1.25. The van der Waals surface area contributed by atoms with Crippen molar-refractivity contribution in [2.45, 2.75) is 26.3 Å². The highest BCUT2D eigenvalue weighted by molar-refractivity contribution is 9.10. The van der Waals surface area contributed by atoms with Crippen LogP contribution >= 0.6 is 27.5 Å². The topological polar surface area (TPSA) is 22.0 Å². The molecule has 0 saturated heterocycles. The summed E-state index contributed by atoms with van der Waals surface area (Å²) in [6.45, 7) is 2.92. The SMILES string of the molecule is CC(CCCl)CCn1cc(Br)ccc1=O. The average Bonchev–Trinajstić information content (AvgIpc) is 2.20. The van der Waals surface area contributed by atoms with E-state index < -0.39 is 0 Å². The van der Waals surface area contributed by atoms with Crippen LogP contribution in [0.3, 0.4) is 0 Å². The van der Waals surface area contributed by atoms with Crippen LogP contribution in [-0.4, -0.2) is 10.4 Å². The Labute approximate surface area is 103 Å². The number of halogens is 2. The van der Waals surface area contributed by atoms with Crippen LogP contribution in [0.25, 0.3) is 0 Å². The monoisotopic (exact) mass is 291 g/mol. The molecule has 0 aliphatic carbocycles. The number of pyridine rings is 1. The maximum atomic E-state index is 11.5. The Kier molecular flexibility index (Phi) is 5.40. The second kappa shape index (κ2) is 6.33. The van der Waals surface area contributed by atoms with Gasteiger partial charge in [0.1, 0.15) is 0 Å². The quantitative estimate of drug-likeness (QED) is 0.764. The maximum Gasteiger partial charge on any atom is 0.250 e. The van der Waals surface area contributed by atoms with Gasteiger partial charge in [0.25, 0.3) is 5.56 Å². The Morgan fingerprint density at radius 2 is 2.20 bits per heavy atom. The Balaban J connectivity index is 2.57. The smallest absolute Gasteiger partial charge is 0.250 e. The molecule has 1 atom stereocenters. The summed E-state index contributed by atoms with van der Waals surface area (Å²) >= 11 is 9.01. The van der Waals surface area contributed by atoms with Gasteiger partial charge in [0.05, 0.1) is 0 Å². The van der Waals surface area contributed by atoms with Crippen molar-refractivity contribution in [2.24, 2.45) is 5.92 Å². The number of aromatic nitrogens is 1. The van der Waals surface area contributed by atoms with E-state index in [4.69, 9.17) is 11.6 Å². The Morgan fingerprint density at radius 3 is 2.87 bits per heavy atom. The molecule has 0 saturated carbocycles. The predicted octanol–water partition coefficient (Wildman–Crippen LogP) is 3.27. The van der Waals surface area contributed by atoms with E-state index >= 15 is 0 Å². The molecule has 0 spiro atoms. The molecule has 0 aliphatic rings. The highest BCUT2D eigenvalue weighted by atomic mass is 79.9. The van der Waals surface area contributed by atoms with Crippen LogP contribution < -0.4 is 5.56 Å². The lowest BCUT2D eigenvalue weighted by molar-refractivity contribution is 0.464. The van der Waals surface area contributed by atoms with Crippen LogP contribution in [0, 0.1) is 5.92 Å². The maximum absolute atomic E-state index is 11.5. The van der Waals surface area contributed by atoms with E-state index in [1.807, 2.05) is 6.20 Å². The van der Waals surface area contributed by atoms with Crippen molar-refractivity contribution >= 4 is 27.5 Å².